The van der Waals surface area contributed by atoms with E-state index in [0.717, 1.165) is 62.3 Å². The van der Waals surface area contributed by atoms with Crippen LogP contribution >= 0.6 is 0 Å². The van der Waals surface area contributed by atoms with Crippen molar-refractivity contribution in [2.24, 2.45) is 0 Å². The van der Waals surface area contributed by atoms with E-state index in [1.54, 1.807) is 24.8 Å². The lowest BCUT2D eigenvalue weighted by Gasteiger charge is -2.36. The van der Waals surface area contributed by atoms with Crippen molar-refractivity contribution >= 4 is 16.8 Å². The number of aromatic nitrogens is 4. The maximum Gasteiger partial charge on any atom is 0.229 e. The lowest BCUT2D eigenvalue weighted by atomic mass is 9.99. The van der Waals surface area contributed by atoms with E-state index in [2.05, 4.69) is 44.5 Å². The van der Waals surface area contributed by atoms with Gasteiger partial charge < -0.3 is 9.88 Å². The predicted molar refractivity (Wildman–Crippen MR) is 129 cm³/mol. The maximum absolute atomic E-state index is 13.2. The summed E-state index contributed by atoms with van der Waals surface area (Å²) in [4.78, 5) is 20.6. The number of fused-ring (bicyclic) bond motifs is 1. The van der Waals surface area contributed by atoms with Gasteiger partial charge in [0.2, 0.25) is 5.91 Å². The summed E-state index contributed by atoms with van der Waals surface area (Å²) in [5, 5.41) is 9.02. The van der Waals surface area contributed by atoms with Gasteiger partial charge in [0.1, 0.15) is 18.5 Å². The first kappa shape index (κ1) is 22.3. The molecule has 3 heterocycles. The van der Waals surface area contributed by atoms with Crippen molar-refractivity contribution in [2.45, 2.75) is 25.7 Å². The van der Waals surface area contributed by atoms with Crippen molar-refractivity contribution in [2.75, 3.05) is 32.7 Å². The largest absolute Gasteiger partial charge is 0.361 e. The molecule has 0 radical (unpaired) electrons. The summed E-state index contributed by atoms with van der Waals surface area (Å²) < 4.78 is 15.1. The van der Waals surface area contributed by atoms with Gasteiger partial charge in [-0.25, -0.2) is 4.39 Å². The van der Waals surface area contributed by atoms with Crippen molar-refractivity contribution in [1.82, 2.24) is 29.5 Å². The normalized spacial score (nSPS) is 15.6. The Balaban J connectivity index is 1.12. The number of hydrogen-bond acceptors (Lipinski definition) is 4. The van der Waals surface area contributed by atoms with E-state index < -0.39 is 0 Å². The van der Waals surface area contributed by atoms with Crippen LogP contribution in [0.25, 0.3) is 16.6 Å². The Morgan fingerprint density at radius 2 is 1.79 bits per heavy atom. The van der Waals surface area contributed by atoms with Crippen LogP contribution in [0, 0.1) is 5.82 Å². The average molecular weight is 461 g/mol. The van der Waals surface area contributed by atoms with E-state index >= 15 is 0 Å². The molecule has 0 bridgehead atoms. The summed E-state index contributed by atoms with van der Waals surface area (Å²) in [6.45, 7) is 6.14. The van der Waals surface area contributed by atoms with Gasteiger partial charge in [-0.3, -0.25) is 14.3 Å². The number of nitrogens with zero attached hydrogens (tertiary/aromatic N) is 5. The third-order valence-corrected chi connectivity index (χ3v) is 6.81. The van der Waals surface area contributed by atoms with Crippen LogP contribution in [0.2, 0.25) is 0 Å². The molecular weight excluding hydrogens is 431 g/mol. The molecule has 1 N–H and O–H groups in total. The van der Waals surface area contributed by atoms with E-state index in [1.165, 1.54) is 23.1 Å². The van der Waals surface area contributed by atoms with Gasteiger partial charge in [0, 0.05) is 49.0 Å². The molecule has 1 fully saturated rings. The Bertz CT molecular complexity index is 1240. The number of nitrogens with one attached hydrogen (secondary N) is 1. The molecule has 0 unspecified atom stereocenters. The van der Waals surface area contributed by atoms with Crippen molar-refractivity contribution in [3.8, 4) is 5.69 Å². The van der Waals surface area contributed by atoms with Crippen LogP contribution in [-0.2, 0) is 11.2 Å². The lowest BCUT2D eigenvalue weighted by Crippen LogP contribution is -2.49. The average Bonchev–Trinajstić information content (AvgIpc) is 3.54. The number of benzene rings is 2. The Hall–Kier alpha value is -3.52. The molecule has 1 amide bonds. The number of rotatable bonds is 7. The fourth-order valence-electron chi connectivity index (χ4n) is 4.72. The van der Waals surface area contributed by atoms with Crippen LogP contribution in [0.15, 0.2) is 61.3 Å². The molecule has 1 saturated heterocycles. The van der Waals surface area contributed by atoms with Gasteiger partial charge in [-0.1, -0.05) is 12.1 Å². The minimum absolute atomic E-state index is 0.119. The number of piperazine rings is 1. The molecule has 0 aliphatic carbocycles. The standard InChI is InChI=1S/C26H29FN6O/c1-19(20-4-6-22(27)7-5-20)26(34)32-13-11-31(12-14-32)10-2-3-21-16-28-25-9-8-23(15-24(21)25)33-17-29-30-18-33/h4-9,15-19,28H,2-3,10-14H2,1H3/t19-/m0/s1. The zero-order chi connectivity index (χ0) is 23.5. The molecule has 1 atom stereocenters. The molecule has 5 rings (SSSR count). The van der Waals surface area contributed by atoms with E-state index in [0.29, 0.717) is 0 Å². The van der Waals surface area contributed by atoms with Crippen LogP contribution < -0.4 is 0 Å². The zero-order valence-corrected chi connectivity index (χ0v) is 19.3. The second-order valence-corrected chi connectivity index (χ2v) is 8.96. The molecule has 8 heteroatoms. The van der Waals surface area contributed by atoms with Crippen LogP contribution in [0.4, 0.5) is 4.39 Å². The molecule has 176 valence electrons. The molecule has 0 spiro atoms. The molecule has 2 aromatic carbocycles. The molecule has 34 heavy (non-hydrogen) atoms. The molecule has 1 aliphatic rings. The zero-order valence-electron chi connectivity index (χ0n) is 19.3. The third-order valence-electron chi connectivity index (χ3n) is 6.81. The number of aromatic amines is 1. The molecule has 1 aliphatic heterocycles. The smallest absolute Gasteiger partial charge is 0.229 e. The first-order valence-electron chi connectivity index (χ1n) is 11.8. The summed E-state index contributed by atoms with van der Waals surface area (Å²) in [5.74, 6) is -0.411. The number of H-pyrrole nitrogens is 1. The van der Waals surface area contributed by atoms with E-state index in [9.17, 15) is 9.18 Å². The lowest BCUT2D eigenvalue weighted by molar-refractivity contribution is -0.134. The van der Waals surface area contributed by atoms with Crippen molar-refractivity contribution < 1.29 is 9.18 Å². The summed E-state index contributed by atoms with van der Waals surface area (Å²) >= 11 is 0. The first-order valence-corrected chi connectivity index (χ1v) is 11.8. The molecule has 2 aromatic heterocycles. The van der Waals surface area contributed by atoms with Crippen LogP contribution in [0.5, 0.6) is 0 Å². The summed E-state index contributed by atoms with van der Waals surface area (Å²) in [6, 6.07) is 12.6. The topological polar surface area (TPSA) is 70.1 Å². The minimum atomic E-state index is -0.277. The van der Waals surface area contributed by atoms with E-state index in [4.69, 9.17) is 0 Å². The third kappa shape index (κ3) is 4.72. The number of amides is 1. The number of aryl methyl sites for hydroxylation is 1. The van der Waals surface area contributed by atoms with Crippen molar-refractivity contribution in [1.29, 1.82) is 0 Å². The second kappa shape index (κ2) is 9.77. The quantitative estimate of drug-likeness (QED) is 0.456. The van der Waals surface area contributed by atoms with Crippen LogP contribution in [-0.4, -0.2) is 68.2 Å². The fourth-order valence-corrected chi connectivity index (χ4v) is 4.72. The molecule has 7 nitrogen and oxygen atoms in total. The Kier molecular flexibility index (Phi) is 6.40. The number of hydrogen-bond donors (Lipinski definition) is 1. The first-order chi connectivity index (χ1) is 16.6. The van der Waals surface area contributed by atoms with Crippen molar-refractivity contribution in [3.63, 3.8) is 0 Å². The highest BCUT2D eigenvalue weighted by molar-refractivity contribution is 5.85. The van der Waals surface area contributed by atoms with Gasteiger partial charge in [-0.2, -0.15) is 0 Å². The van der Waals surface area contributed by atoms with Gasteiger partial charge in [0.15, 0.2) is 0 Å². The van der Waals surface area contributed by atoms with Gasteiger partial charge in [0.25, 0.3) is 0 Å². The summed E-state index contributed by atoms with van der Waals surface area (Å²) in [5.41, 5.74) is 4.36. The van der Waals surface area contributed by atoms with Crippen molar-refractivity contribution in [3.05, 3.63) is 78.3 Å². The summed E-state index contributed by atoms with van der Waals surface area (Å²) in [7, 11) is 0. The predicted octanol–water partition coefficient (Wildman–Crippen LogP) is 3.77. The van der Waals surface area contributed by atoms with Gasteiger partial charge in [-0.05, 0) is 67.8 Å². The Labute approximate surface area is 198 Å². The second-order valence-electron chi connectivity index (χ2n) is 8.96. The molecule has 4 aromatic rings. The highest BCUT2D eigenvalue weighted by atomic mass is 19.1. The number of carbonyl (C=O) groups is 1. The summed E-state index contributed by atoms with van der Waals surface area (Å²) in [6.07, 6.45) is 7.57. The van der Waals surface area contributed by atoms with E-state index in [1.807, 2.05) is 16.4 Å². The number of halogens is 1. The SMILES string of the molecule is C[C@H](C(=O)N1CCN(CCCc2c[nH]c3ccc(-n4cnnc4)cc23)CC1)c1ccc(F)cc1. The fraction of sp³-hybridized carbons (Fsp3) is 0.346. The van der Waals surface area contributed by atoms with Crippen LogP contribution in [0.3, 0.4) is 0 Å². The van der Waals surface area contributed by atoms with Crippen LogP contribution in [0.1, 0.15) is 30.4 Å². The Morgan fingerprint density at radius 3 is 2.53 bits per heavy atom. The highest BCUT2D eigenvalue weighted by Gasteiger charge is 2.25. The van der Waals surface area contributed by atoms with Gasteiger partial charge in [0.05, 0.1) is 5.92 Å². The maximum atomic E-state index is 13.2. The van der Waals surface area contributed by atoms with E-state index in [-0.39, 0.29) is 17.6 Å². The minimum Gasteiger partial charge on any atom is -0.361 e. The molecule has 0 saturated carbocycles. The monoisotopic (exact) mass is 460 g/mol. The highest BCUT2D eigenvalue weighted by Crippen LogP contribution is 2.23. The van der Waals surface area contributed by atoms with Gasteiger partial charge in [-0.15, -0.1) is 10.2 Å². The number of carbonyl (C=O) groups excluding carboxylic acids is 1. The Morgan fingerprint density at radius 1 is 1.06 bits per heavy atom. The molecular formula is C26H29FN6O. The van der Waals surface area contributed by atoms with Gasteiger partial charge >= 0.3 is 0 Å².